The van der Waals surface area contributed by atoms with E-state index >= 15 is 0 Å². The number of aromatic nitrogens is 2. The Balaban J connectivity index is 2.64. The van der Waals surface area contributed by atoms with Crippen molar-refractivity contribution in [2.45, 2.75) is 53.1 Å². The second-order valence-electron chi connectivity index (χ2n) is 5.36. The van der Waals surface area contributed by atoms with E-state index in [4.69, 9.17) is 0 Å². The highest BCUT2D eigenvalue weighted by atomic mass is 15.1. The first-order valence-electron chi connectivity index (χ1n) is 6.16. The molecule has 0 saturated heterocycles. The normalized spacial score (nSPS) is 14.1. The van der Waals surface area contributed by atoms with Crippen molar-refractivity contribution in [2.24, 2.45) is 5.41 Å². The van der Waals surface area contributed by atoms with Gasteiger partial charge in [0, 0.05) is 31.4 Å². The van der Waals surface area contributed by atoms with Gasteiger partial charge in [-0.05, 0) is 32.7 Å². The summed E-state index contributed by atoms with van der Waals surface area (Å²) >= 11 is 0. The molecule has 0 aromatic carbocycles. The average molecular weight is 223 g/mol. The largest absolute Gasteiger partial charge is 0.335 e. The molecule has 0 spiro atoms. The molecule has 0 aliphatic carbocycles. The molecule has 0 radical (unpaired) electrons. The van der Waals surface area contributed by atoms with Crippen LogP contribution in [0.5, 0.6) is 0 Å². The number of rotatable bonds is 6. The highest BCUT2D eigenvalue weighted by molar-refractivity contribution is 4.96. The Labute approximate surface area is 99.3 Å². The Hall–Kier alpha value is -0.830. The summed E-state index contributed by atoms with van der Waals surface area (Å²) in [6.45, 7) is 10.0. The molecule has 16 heavy (non-hydrogen) atoms. The molecule has 0 aliphatic heterocycles. The van der Waals surface area contributed by atoms with Gasteiger partial charge >= 0.3 is 0 Å². The topological polar surface area (TPSA) is 29.9 Å². The summed E-state index contributed by atoms with van der Waals surface area (Å²) in [7, 11) is 2.02. The number of imidazole rings is 1. The first-order valence-corrected chi connectivity index (χ1v) is 6.16. The van der Waals surface area contributed by atoms with Gasteiger partial charge in [0.1, 0.15) is 5.82 Å². The molecule has 1 aromatic rings. The predicted octanol–water partition coefficient (Wildman–Crippen LogP) is 2.47. The summed E-state index contributed by atoms with van der Waals surface area (Å²) in [6.07, 6.45) is 6.17. The molecule has 1 aromatic heterocycles. The molecule has 0 fully saturated rings. The highest BCUT2D eigenvalue weighted by Crippen LogP contribution is 2.26. The Bertz CT molecular complexity index is 315. The van der Waals surface area contributed by atoms with Crippen molar-refractivity contribution in [1.29, 1.82) is 0 Å². The van der Waals surface area contributed by atoms with Gasteiger partial charge in [0.2, 0.25) is 0 Å². The van der Waals surface area contributed by atoms with Crippen LogP contribution < -0.4 is 5.32 Å². The second-order valence-corrected chi connectivity index (χ2v) is 5.36. The van der Waals surface area contributed by atoms with Gasteiger partial charge in [-0.15, -0.1) is 0 Å². The van der Waals surface area contributed by atoms with Crippen molar-refractivity contribution in [1.82, 2.24) is 14.9 Å². The van der Waals surface area contributed by atoms with Crippen molar-refractivity contribution in [3.05, 3.63) is 18.2 Å². The van der Waals surface area contributed by atoms with Gasteiger partial charge in [0.15, 0.2) is 0 Å². The van der Waals surface area contributed by atoms with Gasteiger partial charge in [-0.1, -0.05) is 13.8 Å². The van der Waals surface area contributed by atoms with Gasteiger partial charge < -0.3 is 9.88 Å². The molecular weight excluding hydrogens is 198 g/mol. The standard InChI is InChI=1S/C13H25N3/c1-6-16-8-7-15-12(16)10-13(3,4)9-11(2)14-5/h7-8,11,14H,6,9-10H2,1-5H3. The van der Waals surface area contributed by atoms with Crippen LogP contribution in [0.3, 0.4) is 0 Å². The van der Waals surface area contributed by atoms with Crippen LogP contribution in [0.2, 0.25) is 0 Å². The Morgan fingerprint density at radius 1 is 1.50 bits per heavy atom. The zero-order valence-electron chi connectivity index (χ0n) is 11.2. The molecule has 0 bridgehead atoms. The van der Waals surface area contributed by atoms with Gasteiger partial charge in [0.25, 0.3) is 0 Å². The van der Waals surface area contributed by atoms with Gasteiger partial charge in [-0.2, -0.15) is 0 Å². The van der Waals surface area contributed by atoms with Crippen LogP contribution in [0.1, 0.15) is 39.9 Å². The minimum atomic E-state index is 0.292. The Morgan fingerprint density at radius 3 is 2.75 bits per heavy atom. The molecule has 1 atom stereocenters. The van der Waals surface area contributed by atoms with E-state index in [1.165, 1.54) is 12.2 Å². The fraction of sp³-hybridized carbons (Fsp3) is 0.769. The smallest absolute Gasteiger partial charge is 0.109 e. The van der Waals surface area contributed by atoms with Crippen LogP contribution >= 0.6 is 0 Å². The van der Waals surface area contributed by atoms with Gasteiger partial charge in [0.05, 0.1) is 0 Å². The van der Waals surface area contributed by atoms with E-state index in [9.17, 15) is 0 Å². The third-order valence-corrected chi connectivity index (χ3v) is 3.13. The first-order chi connectivity index (χ1) is 7.48. The van der Waals surface area contributed by atoms with E-state index in [1.54, 1.807) is 0 Å². The van der Waals surface area contributed by atoms with Crippen molar-refractivity contribution >= 4 is 0 Å². The number of aryl methyl sites for hydroxylation is 1. The second kappa shape index (κ2) is 5.48. The summed E-state index contributed by atoms with van der Waals surface area (Å²) in [5, 5.41) is 3.30. The maximum Gasteiger partial charge on any atom is 0.109 e. The summed E-state index contributed by atoms with van der Waals surface area (Å²) < 4.78 is 2.23. The molecule has 3 nitrogen and oxygen atoms in total. The molecule has 0 amide bonds. The maximum atomic E-state index is 4.45. The molecule has 0 aliphatic rings. The van der Waals surface area contributed by atoms with Crippen LogP contribution in [0, 0.1) is 5.41 Å². The Kier molecular flexibility index (Phi) is 4.54. The fourth-order valence-electron chi connectivity index (χ4n) is 2.23. The molecule has 1 rings (SSSR count). The lowest BCUT2D eigenvalue weighted by atomic mass is 9.82. The predicted molar refractivity (Wildman–Crippen MR) is 68.5 cm³/mol. The number of hydrogen-bond acceptors (Lipinski definition) is 2. The molecular formula is C13H25N3. The van der Waals surface area contributed by atoms with E-state index in [-0.39, 0.29) is 0 Å². The molecule has 92 valence electrons. The minimum Gasteiger partial charge on any atom is -0.335 e. The van der Waals surface area contributed by atoms with Crippen molar-refractivity contribution in [2.75, 3.05) is 7.05 Å². The van der Waals surface area contributed by atoms with Crippen molar-refractivity contribution in [3.63, 3.8) is 0 Å². The van der Waals surface area contributed by atoms with E-state index in [2.05, 4.69) is 48.8 Å². The zero-order valence-corrected chi connectivity index (χ0v) is 11.2. The quantitative estimate of drug-likeness (QED) is 0.803. The average Bonchev–Trinajstić information content (AvgIpc) is 2.63. The van der Waals surface area contributed by atoms with Gasteiger partial charge in [-0.3, -0.25) is 0 Å². The fourth-order valence-corrected chi connectivity index (χ4v) is 2.23. The first kappa shape index (κ1) is 13.2. The van der Waals surface area contributed by atoms with Crippen LogP contribution in [-0.4, -0.2) is 22.6 Å². The third-order valence-electron chi connectivity index (χ3n) is 3.13. The monoisotopic (exact) mass is 223 g/mol. The molecule has 1 unspecified atom stereocenters. The molecule has 3 heteroatoms. The lowest BCUT2D eigenvalue weighted by Gasteiger charge is -2.27. The summed E-state index contributed by atoms with van der Waals surface area (Å²) in [6, 6.07) is 0.556. The summed E-state index contributed by atoms with van der Waals surface area (Å²) in [4.78, 5) is 4.45. The van der Waals surface area contributed by atoms with E-state index in [1.807, 2.05) is 13.2 Å². The minimum absolute atomic E-state index is 0.292. The SMILES string of the molecule is CCn1ccnc1CC(C)(C)CC(C)NC. The number of nitrogens with zero attached hydrogens (tertiary/aromatic N) is 2. The maximum absolute atomic E-state index is 4.45. The van der Waals surface area contributed by atoms with Crippen LogP contribution in [0.15, 0.2) is 12.4 Å². The Morgan fingerprint density at radius 2 is 2.19 bits per heavy atom. The van der Waals surface area contributed by atoms with Crippen LogP contribution in [0.25, 0.3) is 0 Å². The summed E-state index contributed by atoms with van der Waals surface area (Å²) in [5.74, 6) is 1.20. The zero-order chi connectivity index (χ0) is 12.2. The van der Waals surface area contributed by atoms with Crippen molar-refractivity contribution < 1.29 is 0 Å². The van der Waals surface area contributed by atoms with Crippen LogP contribution in [-0.2, 0) is 13.0 Å². The lowest BCUT2D eigenvalue weighted by molar-refractivity contribution is 0.285. The van der Waals surface area contributed by atoms with Gasteiger partial charge in [-0.25, -0.2) is 4.98 Å². The summed E-state index contributed by atoms with van der Waals surface area (Å²) in [5.41, 5.74) is 0.292. The van der Waals surface area contributed by atoms with Crippen molar-refractivity contribution in [3.8, 4) is 0 Å². The van der Waals surface area contributed by atoms with E-state index in [0.717, 1.165) is 13.0 Å². The molecule has 0 saturated carbocycles. The molecule has 1 heterocycles. The van der Waals surface area contributed by atoms with E-state index < -0.39 is 0 Å². The van der Waals surface area contributed by atoms with E-state index in [0.29, 0.717) is 11.5 Å². The number of nitrogens with one attached hydrogen (secondary N) is 1. The van der Waals surface area contributed by atoms with Crippen LogP contribution in [0.4, 0.5) is 0 Å². The molecule has 1 N–H and O–H groups in total. The lowest BCUT2D eigenvalue weighted by Crippen LogP contribution is -2.30. The number of hydrogen-bond donors (Lipinski definition) is 1. The third kappa shape index (κ3) is 3.63. The highest BCUT2D eigenvalue weighted by Gasteiger charge is 2.23.